The number of fused-ring (bicyclic) bond motifs is 2. The fraction of sp³-hybridized carbons (Fsp3) is 0.389. The van der Waals surface area contributed by atoms with Crippen molar-refractivity contribution >= 4 is 0 Å². The Balaban J connectivity index is 1.50. The smallest absolute Gasteiger partial charge is 0.233 e. The fourth-order valence-corrected chi connectivity index (χ4v) is 3.57. The van der Waals surface area contributed by atoms with Crippen LogP contribution in [-0.2, 0) is 0 Å². The predicted octanol–water partition coefficient (Wildman–Crippen LogP) is 2.33. The Morgan fingerprint density at radius 2 is 2.12 bits per heavy atom. The van der Waals surface area contributed by atoms with Crippen LogP contribution in [0.5, 0.6) is 11.6 Å². The number of aromatic nitrogens is 2. The quantitative estimate of drug-likeness (QED) is 0.891. The average molecular weight is 340 g/mol. The Labute approximate surface area is 144 Å². The predicted molar refractivity (Wildman–Crippen MR) is 87.7 cm³/mol. The fourth-order valence-electron chi connectivity index (χ4n) is 3.57. The normalized spacial score (nSPS) is 27.7. The number of rotatable bonds is 3. The van der Waals surface area contributed by atoms with Gasteiger partial charge >= 0.3 is 0 Å². The van der Waals surface area contributed by atoms with Crippen molar-refractivity contribution in [3.05, 3.63) is 35.9 Å². The van der Waals surface area contributed by atoms with Crippen molar-refractivity contribution in [1.29, 1.82) is 5.26 Å². The minimum Gasteiger partial charge on any atom is -0.507 e. The first kappa shape index (κ1) is 15.8. The lowest BCUT2D eigenvalue weighted by atomic mass is 10.0. The van der Waals surface area contributed by atoms with Gasteiger partial charge in [0.1, 0.15) is 11.9 Å². The zero-order valence-corrected chi connectivity index (χ0v) is 13.4. The van der Waals surface area contributed by atoms with Crippen molar-refractivity contribution in [1.82, 2.24) is 15.5 Å². The molecule has 3 heterocycles. The largest absolute Gasteiger partial charge is 0.507 e. The molecule has 7 heteroatoms. The summed E-state index contributed by atoms with van der Waals surface area (Å²) in [6, 6.07) is 10.0. The molecule has 2 saturated heterocycles. The number of phenolic OH excluding ortho intramolecular Hbond substituents is 1. The molecule has 0 amide bonds. The third-order valence-electron chi connectivity index (χ3n) is 4.85. The van der Waals surface area contributed by atoms with Gasteiger partial charge in [-0.2, -0.15) is 5.26 Å². The number of aromatic hydroxyl groups is 1. The standard InChI is InChI=1S/C18H17FN4O2/c19-18-14-4-2-11(21-14)8-16(18)25-17-6-5-13(22-23-17)12-3-1-10(9-20)7-15(12)24/h1,3,5-7,11,14,16,18,21,24H,2,4,8H2/t11-,14+,16-,18+/m1/s1. The Morgan fingerprint density at radius 3 is 2.84 bits per heavy atom. The summed E-state index contributed by atoms with van der Waals surface area (Å²) in [5.74, 6) is 0.228. The molecular weight excluding hydrogens is 323 g/mol. The minimum atomic E-state index is -1.05. The highest BCUT2D eigenvalue weighted by Crippen LogP contribution is 2.32. The summed E-state index contributed by atoms with van der Waals surface area (Å²) in [6.07, 6.45) is 0.879. The lowest BCUT2D eigenvalue weighted by Crippen LogP contribution is -2.51. The number of benzene rings is 1. The van der Waals surface area contributed by atoms with Crippen LogP contribution < -0.4 is 10.1 Å². The molecule has 2 aliphatic heterocycles. The number of nitrogens with one attached hydrogen (secondary N) is 1. The van der Waals surface area contributed by atoms with E-state index in [1.807, 2.05) is 6.07 Å². The molecule has 2 aliphatic rings. The summed E-state index contributed by atoms with van der Waals surface area (Å²) in [4.78, 5) is 0. The first-order valence-electron chi connectivity index (χ1n) is 8.28. The lowest BCUT2D eigenvalue weighted by Gasteiger charge is -2.32. The molecule has 4 atom stereocenters. The molecule has 2 bridgehead atoms. The molecule has 0 radical (unpaired) electrons. The van der Waals surface area contributed by atoms with E-state index in [1.54, 1.807) is 24.3 Å². The third-order valence-corrected chi connectivity index (χ3v) is 4.85. The average Bonchev–Trinajstić information content (AvgIpc) is 3.04. The maximum absolute atomic E-state index is 14.4. The lowest BCUT2D eigenvalue weighted by molar-refractivity contribution is 0.0422. The molecule has 0 unspecified atom stereocenters. The van der Waals surface area contributed by atoms with Gasteiger partial charge in [0.25, 0.3) is 0 Å². The van der Waals surface area contributed by atoms with Gasteiger partial charge in [-0.25, -0.2) is 4.39 Å². The second-order valence-electron chi connectivity index (χ2n) is 6.48. The molecule has 6 nitrogen and oxygen atoms in total. The summed E-state index contributed by atoms with van der Waals surface area (Å²) in [7, 11) is 0. The Morgan fingerprint density at radius 1 is 1.24 bits per heavy atom. The van der Waals surface area contributed by atoms with Gasteiger partial charge in [0.2, 0.25) is 5.88 Å². The zero-order valence-electron chi connectivity index (χ0n) is 13.4. The van der Waals surface area contributed by atoms with Crippen molar-refractivity contribution in [2.24, 2.45) is 0 Å². The second-order valence-corrected chi connectivity index (χ2v) is 6.48. The van der Waals surface area contributed by atoms with E-state index >= 15 is 0 Å². The summed E-state index contributed by atoms with van der Waals surface area (Å²) in [5.41, 5.74) is 1.29. The summed E-state index contributed by atoms with van der Waals surface area (Å²) < 4.78 is 20.1. The van der Waals surface area contributed by atoms with Crippen molar-refractivity contribution in [2.45, 2.75) is 43.6 Å². The van der Waals surface area contributed by atoms with Crippen LogP contribution in [0.2, 0.25) is 0 Å². The van der Waals surface area contributed by atoms with Crippen LogP contribution in [0.15, 0.2) is 30.3 Å². The van der Waals surface area contributed by atoms with Crippen molar-refractivity contribution in [3.8, 4) is 29.0 Å². The van der Waals surface area contributed by atoms with Gasteiger partial charge in [0.05, 0.1) is 17.3 Å². The van der Waals surface area contributed by atoms with Gasteiger partial charge < -0.3 is 15.2 Å². The summed E-state index contributed by atoms with van der Waals surface area (Å²) >= 11 is 0. The maximum Gasteiger partial charge on any atom is 0.233 e. The molecule has 25 heavy (non-hydrogen) atoms. The van der Waals surface area contributed by atoms with Crippen LogP contribution in [0.4, 0.5) is 4.39 Å². The number of ether oxygens (including phenoxy) is 1. The van der Waals surface area contributed by atoms with Gasteiger partial charge in [-0.3, -0.25) is 0 Å². The zero-order chi connectivity index (χ0) is 17.4. The first-order chi connectivity index (χ1) is 12.1. The molecule has 0 spiro atoms. The Hall–Kier alpha value is -2.72. The van der Waals surface area contributed by atoms with Crippen LogP contribution >= 0.6 is 0 Å². The van der Waals surface area contributed by atoms with Crippen molar-refractivity contribution in [3.63, 3.8) is 0 Å². The van der Waals surface area contributed by atoms with E-state index in [0.29, 0.717) is 29.3 Å². The first-order valence-corrected chi connectivity index (χ1v) is 8.28. The highest BCUT2D eigenvalue weighted by molar-refractivity contribution is 5.67. The van der Waals surface area contributed by atoms with Crippen LogP contribution in [0, 0.1) is 11.3 Å². The highest BCUT2D eigenvalue weighted by Gasteiger charge is 2.43. The number of nitrogens with zero attached hydrogens (tertiary/aromatic N) is 3. The van der Waals surface area contributed by atoms with Crippen LogP contribution in [0.1, 0.15) is 24.8 Å². The minimum absolute atomic E-state index is 0.0410. The number of nitriles is 1. The molecule has 4 rings (SSSR count). The van der Waals surface area contributed by atoms with E-state index in [4.69, 9.17) is 10.00 Å². The second kappa shape index (κ2) is 6.30. The van der Waals surface area contributed by atoms with E-state index in [-0.39, 0.29) is 17.7 Å². The highest BCUT2D eigenvalue weighted by atomic mass is 19.1. The number of phenols is 1. The monoisotopic (exact) mass is 340 g/mol. The number of halogens is 1. The maximum atomic E-state index is 14.4. The van der Waals surface area contributed by atoms with Crippen LogP contribution in [0.25, 0.3) is 11.3 Å². The molecule has 1 aromatic carbocycles. The topological polar surface area (TPSA) is 91.1 Å². The van der Waals surface area contributed by atoms with E-state index in [1.165, 1.54) is 6.07 Å². The number of hydrogen-bond donors (Lipinski definition) is 2. The summed E-state index contributed by atoms with van der Waals surface area (Å²) in [6.45, 7) is 0. The number of hydrogen-bond acceptors (Lipinski definition) is 6. The Kier molecular flexibility index (Phi) is 3.98. The third kappa shape index (κ3) is 3.01. The van der Waals surface area contributed by atoms with Gasteiger partial charge in [-0.1, -0.05) is 0 Å². The molecule has 2 fully saturated rings. The van der Waals surface area contributed by atoms with Gasteiger partial charge in [-0.05, 0) is 37.1 Å². The molecule has 1 aromatic heterocycles. The van der Waals surface area contributed by atoms with Crippen LogP contribution in [0.3, 0.4) is 0 Å². The van der Waals surface area contributed by atoms with E-state index < -0.39 is 12.3 Å². The number of alkyl halides is 1. The van der Waals surface area contributed by atoms with Crippen molar-refractivity contribution < 1.29 is 14.2 Å². The molecular formula is C18H17FN4O2. The molecule has 128 valence electrons. The van der Waals surface area contributed by atoms with Gasteiger partial charge in [0, 0.05) is 30.1 Å². The molecule has 2 N–H and O–H groups in total. The van der Waals surface area contributed by atoms with E-state index in [0.717, 1.165) is 12.8 Å². The van der Waals surface area contributed by atoms with E-state index in [9.17, 15) is 9.50 Å². The molecule has 0 aliphatic carbocycles. The van der Waals surface area contributed by atoms with Gasteiger partial charge in [0.15, 0.2) is 6.17 Å². The summed E-state index contributed by atoms with van der Waals surface area (Å²) in [5, 5.41) is 30.2. The molecule has 2 aromatic rings. The SMILES string of the molecule is N#Cc1ccc(-c2ccc(O[C@@H]3C[C@H]4CC[C@H](N4)[C@@H]3F)nn2)c(O)c1. The van der Waals surface area contributed by atoms with E-state index in [2.05, 4.69) is 15.5 Å². The van der Waals surface area contributed by atoms with Crippen molar-refractivity contribution in [2.75, 3.05) is 0 Å². The molecule has 0 saturated carbocycles. The number of piperidine rings is 1. The Bertz CT molecular complexity index is 821. The van der Waals surface area contributed by atoms with Crippen LogP contribution in [-0.4, -0.2) is 39.7 Å². The van der Waals surface area contributed by atoms with Gasteiger partial charge in [-0.15, -0.1) is 10.2 Å².